The number of benzene rings is 1. The van der Waals surface area contributed by atoms with E-state index < -0.39 is 11.9 Å². The van der Waals surface area contributed by atoms with Crippen LogP contribution in [0.2, 0.25) is 0 Å². The predicted octanol–water partition coefficient (Wildman–Crippen LogP) is 2.21. The number of carboxylic acids is 1. The maximum atomic E-state index is 13.7. The lowest BCUT2D eigenvalue weighted by molar-refractivity contribution is -0.138. The molecule has 0 amide bonds. The van der Waals surface area contributed by atoms with Crippen molar-refractivity contribution in [3.63, 3.8) is 0 Å². The van der Waals surface area contributed by atoms with Crippen LogP contribution in [-0.4, -0.2) is 22.9 Å². The van der Waals surface area contributed by atoms with Crippen LogP contribution in [0.1, 0.15) is 24.3 Å². The van der Waals surface area contributed by atoms with Gasteiger partial charge in [0.1, 0.15) is 5.82 Å². The first-order chi connectivity index (χ1) is 8.11. The first-order valence-electron chi connectivity index (χ1n) is 5.50. The van der Waals surface area contributed by atoms with Gasteiger partial charge in [0.25, 0.3) is 0 Å². The summed E-state index contributed by atoms with van der Waals surface area (Å²) >= 11 is 1.52. The Bertz CT molecular complexity index is 435. The number of hydrogen-bond acceptors (Lipinski definition) is 3. The zero-order valence-corrected chi connectivity index (χ0v) is 10.0. The van der Waals surface area contributed by atoms with Gasteiger partial charge in [0, 0.05) is 16.7 Å². The molecule has 3 N–H and O–H groups in total. The third-order valence-electron chi connectivity index (χ3n) is 2.71. The lowest BCUT2D eigenvalue weighted by Gasteiger charge is -2.11. The summed E-state index contributed by atoms with van der Waals surface area (Å²) in [4.78, 5) is 11.5. The number of hydrogen-bond donors (Lipinski definition) is 2. The second kappa shape index (κ2) is 5.06. The molecule has 0 aliphatic heterocycles. The monoisotopic (exact) mass is 255 g/mol. The Balaban J connectivity index is 2.19. The fourth-order valence-corrected chi connectivity index (χ4v) is 2.62. The number of nitrogens with two attached hydrogens (primary N) is 1. The largest absolute Gasteiger partial charge is 0.481 e. The minimum absolute atomic E-state index is 0.0239. The van der Waals surface area contributed by atoms with Crippen molar-refractivity contribution in [2.24, 2.45) is 5.73 Å². The van der Waals surface area contributed by atoms with Crippen molar-refractivity contribution >= 4 is 17.7 Å². The third-order valence-corrected chi connectivity index (χ3v) is 4.10. The van der Waals surface area contributed by atoms with Gasteiger partial charge >= 0.3 is 5.97 Å². The Labute approximate surface area is 103 Å². The number of carboxylic acid groups (broad SMARTS) is 1. The average molecular weight is 255 g/mol. The second-order valence-corrected chi connectivity index (χ2v) is 5.48. The molecule has 1 saturated carbocycles. The van der Waals surface area contributed by atoms with Gasteiger partial charge in [0.05, 0.1) is 5.92 Å². The molecule has 1 aromatic rings. The molecule has 2 rings (SSSR count). The molecule has 1 aliphatic rings. The van der Waals surface area contributed by atoms with E-state index in [1.807, 2.05) is 0 Å². The predicted molar refractivity (Wildman–Crippen MR) is 64.7 cm³/mol. The summed E-state index contributed by atoms with van der Waals surface area (Å²) in [6.45, 7) is -0.0239. The lowest BCUT2D eigenvalue weighted by Crippen LogP contribution is -2.21. The molecule has 1 atom stereocenters. The Kier molecular flexibility index (Phi) is 3.69. The molecule has 5 heteroatoms. The maximum absolute atomic E-state index is 13.7. The van der Waals surface area contributed by atoms with E-state index in [-0.39, 0.29) is 12.4 Å². The molecular formula is C12H14FNO2S. The van der Waals surface area contributed by atoms with Crippen molar-refractivity contribution in [3.05, 3.63) is 29.6 Å². The highest BCUT2D eigenvalue weighted by Crippen LogP contribution is 2.40. The molecule has 0 radical (unpaired) electrons. The van der Waals surface area contributed by atoms with Crippen LogP contribution in [-0.2, 0) is 4.79 Å². The zero-order chi connectivity index (χ0) is 12.4. The molecule has 0 saturated heterocycles. The first kappa shape index (κ1) is 12.4. The highest BCUT2D eigenvalue weighted by molar-refractivity contribution is 8.00. The van der Waals surface area contributed by atoms with Crippen LogP contribution in [0.15, 0.2) is 23.1 Å². The molecule has 1 fully saturated rings. The van der Waals surface area contributed by atoms with Crippen molar-refractivity contribution in [2.45, 2.75) is 28.9 Å². The second-order valence-electron chi connectivity index (χ2n) is 4.13. The van der Waals surface area contributed by atoms with Gasteiger partial charge in [0.2, 0.25) is 0 Å². The van der Waals surface area contributed by atoms with Crippen LogP contribution in [0.4, 0.5) is 4.39 Å². The first-order valence-corrected chi connectivity index (χ1v) is 6.38. The summed E-state index contributed by atoms with van der Waals surface area (Å²) in [5.41, 5.74) is 5.80. The standard InChI is InChI=1S/C12H14FNO2S/c13-10-5-7(9(6-14)12(15)16)1-4-11(10)17-8-2-3-8/h1,4-5,8-9H,2-3,6,14H2,(H,15,16). The molecule has 3 nitrogen and oxygen atoms in total. The molecule has 0 spiro atoms. The van der Waals surface area contributed by atoms with E-state index in [0.717, 1.165) is 12.8 Å². The summed E-state index contributed by atoms with van der Waals surface area (Å²) in [5.74, 6) is -2.20. The Morgan fingerprint density at radius 1 is 1.59 bits per heavy atom. The number of halogens is 1. The Morgan fingerprint density at radius 3 is 2.76 bits per heavy atom. The molecule has 1 unspecified atom stereocenters. The summed E-state index contributed by atoms with van der Waals surface area (Å²) in [6.07, 6.45) is 2.26. The molecule has 0 heterocycles. The molecule has 1 aromatic carbocycles. The van der Waals surface area contributed by atoms with Crippen molar-refractivity contribution < 1.29 is 14.3 Å². The van der Waals surface area contributed by atoms with E-state index in [0.29, 0.717) is 15.7 Å². The van der Waals surface area contributed by atoms with Crippen molar-refractivity contribution in [2.75, 3.05) is 6.54 Å². The van der Waals surface area contributed by atoms with E-state index >= 15 is 0 Å². The Hall–Kier alpha value is -1.07. The molecule has 0 aromatic heterocycles. The normalized spacial score (nSPS) is 16.8. The van der Waals surface area contributed by atoms with E-state index in [2.05, 4.69) is 0 Å². The lowest BCUT2D eigenvalue weighted by atomic mass is 9.99. The molecule has 1 aliphatic carbocycles. The van der Waals surface area contributed by atoms with Crippen LogP contribution in [0, 0.1) is 5.82 Å². The smallest absolute Gasteiger partial charge is 0.312 e. The van der Waals surface area contributed by atoms with E-state index in [4.69, 9.17) is 10.8 Å². The fourth-order valence-electron chi connectivity index (χ4n) is 1.57. The van der Waals surface area contributed by atoms with Crippen LogP contribution < -0.4 is 5.73 Å². The van der Waals surface area contributed by atoms with Gasteiger partial charge in [0.15, 0.2) is 0 Å². The average Bonchev–Trinajstić information content (AvgIpc) is 3.06. The fraction of sp³-hybridized carbons (Fsp3) is 0.417. The van der Waals surface area contributed by atoms with E-state index in [1.54, 1.807) is 12.1 Å². The number of thioether (sulfide) groups is 1. The number of aliphatic carboxylic acids is 1. The minimum atomic E-state index is -1.02. The third kappa shape index (κ3) is 2.98. The number of carbonyl (C=O) groups is 1. The number of rotatable bonds is 5. The van der Waals surface area contributed by atoms with Gasteiger partial charge in [-0.25, -0.2) is 4.39 Å². The summed E-state index contributed by atoms with van der Waals surface area (Å²) in [7, 11) is 0. The van der Waals surface area contributed by atoms with Gasteiger partial charge in [-0.05, 0) is 30.5 Å². The van der Waals surface area contributed by atoms with E-state index in [9.17, 15) is 9.18 Å². The highest BCUT2D eigenvalue weighted by atomic mass is 32.2. The van der Waals surface area contributed by atoms with Crippen LogP contribution in [0.5, 0.6) is 0 Å². The highest BCUT2D eigenvalue weighted by Gasteiger charge is 2.25. The van der Waals surface area contributed by atoms with Crippen LogP contribution >= 0.6 is 11.8 Å². The van der Waals surface area contributed by atoms with Gasteiger partial charge in [-0.3, -0.25) is 4.79 Å². The van der Waals surface area contributed by atoms with Gasteiger partial charge in [-0.1, -0.05) is 6.07 Å². The van der Waals surface area contributed by atoms with Crippen molar-refractivity contribution in [3.8, 4) is 0 Å². The Morgan fingerprint density at radius 2 is 2.29 bits per heavy atom. The maximum Gasteiger partial charge on any atom is 0.312 e. The van der Waals surface area contributed by atoms with Crippen LogP contribution in [0.25, 0.3) is 0 Å². The van der Waals surface area contributed by atoms with Crippen LogP contribution in [0.3, 0.4) is 0 Å². The molecule has 17 heavy (non-hydrogen) atoms. The van der Waals surface area contributed by atoms with E-state index in [1.165, 1.54) is 17.8 Å². The molecule has 92 valence electrons. The van der Waals surface area contributed by atoms with Gasteiger partial charge in [-0.2, -0.15) is 0 Å². The summed E-state index contributed by atoms with van der Waals surface area (Å²) in [6, 6.07) is 4.59. The quantitative estimate of drug-likeness (QED) is 0.846. The van der Waals surface area contributed by atoms with Crippen molar-refractivity contribution in [1.29, 1.82) is 0 Å². The molecular weight excluding hydrogens is 241 g/mol. The topological polar surface area (TPSA) is 63.3 Å². The zero-order valence-electron chi connectivity index (χ0n) is 9.23. The molecule has 0 bridgehead atoms. The SMILES string of the molecule is NCC(C(=O)O)c1ccc(SC2CC2)c(F)c1. The summed E-state index contributed by atoms with van der Waals surface area (Å²) in [5, 5.41) is 9.46. The van der Waals surface area contributed by atoms with Gasteiger partial charge in [-0.15, -0.1) is 11.8 Å². The minimum Gasteiger partial charge on any atom is -0.481 e. The summed E-state index contributed by atoms with van der Waals surface area (Å²) < 4.78 is 13.7. The van der Waals surface area contributed by atoms with Gasteiger partial charge < -0.3 is 10.8 Å². The van der Waals surface area contributed by atoms with Crippen molar-refractivity contribution in [1.82, 2.24) is 0 Å².